The third kappa shape index (κ3) is 3.62. The Morgan fingerprint density at radius 2 is 1.57 bits per heavy atom. The highest BCUT2D eigenvalue weighted by molar-refractivity contribution is 7.90. The van der Waals surface area contributed by atoms with E-state index in [2.05, 4.69) is 4.40 Å². The summed E-state index contributed by atoms with van der Waals surface area (Å²) in [6.45, 7) is 0. The summed E-state index contributed by atoms with van der Waals surface area (Å²) in [5, 5.41) is 0.452. The highest BCUT2D eigenvalue weighted by atomic mass is 35.5. The van der Waals surface area contributed by atoms with Crippen LogP contribution in [0.3, 0.4) is 0 Å². The highest BCUT2D eigenvalue weighted by Gasteiger charge is 2.17. The molecule has 110 valence electrons. The maximum Gasteiger partial charge on any atom is 0.284 e. The zero-order valence-corrected chi connectivity index (χ0v) is 13.3. The lowest BCUT2D eigenvalue weighted by Crippen LogP contribution is -2.24. The second kappa shape index (κ2) is 6.28. The Morgan fingerprint density at radius 1 is 1.00 bits per heavy atom. The number of sulfonamides is 1. The molecule has 0 N–H and O–H groups in total. The van der Waals surface area contributed by atoms with Crippen molar-refractivity contribution in [1.29, 1.82) is 0 Å². The topological polar surface area (TPSA) is 49.7 Å². The van der Waals surface area contributed by atoms with Gasteiger partial charge in [0.25, 0.3) is 10.0 Å². The molecule has 0 radical (unpaired) electrons. The molecule has 0 saturated heterocycles. The lowest BCUT2D eigenvalue weighted by atomic mass is 10.2. The molecule has 0 aromatic heterocycles. The third-order valence-corrected chi connectivity index (χ3v) is 4.40. The number of hydrogen-bond donors (Lipinski definition) is 0. The summed E-state index contributed by atoms with van der Waals surface area (Å²) in [6.07, 6.45) is 0. The molecular weight excluding hydrogens is 308 g/mol. The number of halogens is 1. The standard InChI is InChI=1S/C15H15ClN2O2S/c1-18(2)15(13-10-6-7-11-14(13)16)17-21(19,20)12-8-4-3-5-9-12/h3-11H,1-2H3. The van der Waals surface area contributed by atoms with E-state index in [1.807, 2.05) is 0 Å². The minimum Gasteiger partial charge on any atom is -0.362 e. The molecule has 2 aromatic rings. The van der Waals surface area contributed by atoms with Gasteiger partial charge in [-0.15, -0.1) is 4.40 Å². The van der Waals surface area contributed by atoms with E-state index >= 15 is 0 Å². The smallest absolute Gasteiger partial charge is 0.284 e. The summed E-state index contributed by atoms with van der Waals surface area (Å²) in [5.41, 5.74) is 0.573. The first-order valence-corrected chi connectivity index (χ1v) is 8.06. The van der Waals surface area contributed by atoms with E-state index in [1.165, 1.54) is 12.1 Å². The molecule has 0 bridgehead atoms. The molecule has 0 unspecified atom stereocenters. The van der Waals surface area contributed by atoms with E-state index in [4.69, 9.17) is 11.6 Å². The fourth-order valence-corrected chi connectivity index (χ4v) is 3.09. The van der Waals surface area contributed by atoms with Crippen LogP contribution in [-0.4, -0.2) is 33.2 Å². The van der Waals surface area contributed by atoms with Crippen molar-refractivity contribution >= 4 is 27.5 Å². The van der Waals surface area contributed by atoms with E-state index in [9.17, 15) is 8.42 Å². The monoisotopic (exact) mass is 322 g/mol. The molecule has 0 heterocycles. The predicted octanol–water partition coefficient (Wildman–Crippen LogP) is 3.04. The first kappa shape index (κ1) is 15.5. The van der Waals surface area contributed by atoms with Gasteiger partial charge in [-0.3, -0.25) is 0 Å². The Hall–Kier alpha value is -1.85. The normalized spacial score (nSPS) is 12.2. The van der Waals surface area contributed by atoms with Gasteiger partial charge in [0.2, 0.25) is 0 Å². The fraction of sp³-hybridized carbons (Fsp3) is 0.133. The van der Waals surface area contributed by atoms with Crippen molar-refractivity contribution in [2.75, 3.05) is 14.1 Å². The summed E-state index contributed by atoms with van der Waals surface area (Å²) in [6, 6.07) is 15.1. The summed E-state index contributed by atoms with van der Waals surface area (Å²) < 4.78 is 28.7. The van der Waals surface area contributed by atoms with Crippen LogP contribution in [0.1, 0.15) is 5.56 Å². The molecule has 0 aliphatic rings. The van der Waals surface area contributed by atoms with Crippen molar-refractivity contribution in [3.8, 4) is 0 Å². The SMILES string of the molecule is CN(C)C(=NS(=O)(=O)c1ccccc1)c1ccccc1Cl. The van der Waals surface area contributed by atoms with Crippen LogP contribution in [0.4, 0.5) is 0 Å². The van der Waals surface area contributed by atoms with Gasteiger partial charge in [0.05, 0.1) is 9.92 Å². The average Bonchev–Trinajstić information content (AvgIpc) is 2.46. The van der Waals surface area contributed by atoms with E-state index in [0.717, 1.165) is 0 Å². The molecule has 0 atom stereocenters. The van der Waals surface area contributed by atoms with Crippen LogP contribution < -0.4 is 0 Å². The molecule has 0 aliphatic carbocycles. The minimum atomic E-state index is -3.78. The molecule has 6 heteroatoms. The zero-order chi connectivity index (χ0) is 15.5. The summed E-state index contributed by atoms with van der Waals surface area (Å²) >= 11 is 6.14. The largest absolute Gasteiger partial charge is 0.362 e. The molecule has 4 nitrogen and oxygen atoms in total. The predicted molar refractivity (Wildman–Crippen MR) is 85.3 cm³/mol. The van der Waals surface area contributed by atoms with Gasteiger partial charge >= 0.3 is 0 Å². The fourth-order valence-electron chi connectivity index (χ4n) is 1.77. The Morgan fingerprint density at radius 3 is 2.14 bits per heavy atom. The number of amidine groups is 1. The number of nitrogens with zero attached hydrogens (tertiary/aromatic N) is 2. The van der Waals surface area contributed by atoms with Crippen molar-refractivity contribution in [2.24, 2.45) is 4.40 Å². The maximum absolute atomic E-state index is 12.4. The molecular formula is C15H15ClN2O2S. The van der Waals surface area contributed by atoms with Gasteiger partial charge in [-0.1, -0.05) is 41.9 Å². The van der Waals surface area contributed by atoms with Crippen LogP contribution in [0.15, 0.2) is 63.9 Å². The highest BCUT2D eigenvalue weighted by Crippen LogP contribution is 2.19. The van der Waals surface area contributed by atoms with Crippen LogP contribution in [0.5, 0.6) is 0 Å². The van der Waals surface area contributed by atoms with Crippen molar-refractivity contribution in [1.82, 2.24) is 4.90 Å². The Kier molecular flexibility index (Phi) is 4.65. The molecule has 0 saturated carbocycles. The Bertz CT molecular complexity index is 756. The van der Waals surface area contributed by atoms with Gasteiger partial charge in [-0.25, -0.2) is 0 Å². The minimum absolute atomic E-state index is 0.149. The average molecular weight is 323 g/mol. The van der Waals surface area contributed by atoms with Crippen LogP contribution in [-0.2, 0) is 10.0 Å². The summed E-state index contributed by atoms with van der Waals surface area (Å²) in [4.78, 5) is 1.78. The van der Waals surface area contributed by atoms with Crippen LogP contribution in [0.25, 0.3) is 0 Å². The molecule has 0 fully saturated rings. The molecule has 0 amide bonds. The quantitative estimate of drug-likeness (QED) is 0.644. The first-order valence-electron chi connectivity index (χ1n) is 6.24. The lowest BCUT2D eigenvalue weighted by molar-refractivity contribution is 0.592. The Balaban J connectivity index is 2.56. The van der Waals surface area contributed by atoms with Crippen molar-refractivity contribution in [3.63, 3.8) is 0 Å². The zero-order valence-electron chi connectivity index (χ0n) is 11.7. The van der Waals surface area contributed by atoms with Crippen molar-refractivity contribution in [2.45, 2.75) is 4.90 Å². The van der Waals surface area contributed by atoms with E-state index in [0.29, 0.717) is 16.4 Å². The lowest BCUT2D eigenvalue weighted by Gasteiger charge is -2.16. The number of rotatable bonds is 3. The van der Waals surface area contributed by atoms with Gasteiger partial charge in [0.15, 0.2) is 0 Å². The van der Waals surface area contributed by atoms with Crippen LogP contribution in [0, 0.1) is 0 Å². The van der Waals surface area contributed by atoms with E-state index in [1.54, 1.807) is 61.5 Å². The molecule has 21 heavy (non-hydrogen) atoms. The van der Waals surface area contributed by atoms with Gasteiger partial charge in [0.1, 0.15) is 5.84 Å². The van der Waals surface area contributed by atoms with Gasteiger partial charge in [-0.2, -0.15) is 8.42 Å². The number of hydrogen-bond acceptors (Lipinski definition) is 2. The molecule has 0 spiro atoms. The van der Waals surface area contributed by atoms with Crippen molar-refractivity contribution in [3.05, 3.63) is 65.2 Å². The van der Waals surface area contributed by atoms with Gasteiger partial charge < -0.3 is 4.90 Å². The van der Waals surface area contributed by atoms with Gasteiger partial charge in [0, 0.05) is 19.7 Å². The van der Waals surface area contributed by atoms with E-state index in [-0.39, 0.29) is 4.90 Å². The second-order valence-corrected chi connectivity index (χ2v) is 6.59. The summed E-state index contributed by atoms with van der Waals surface area (Å²) in [5.74, 6) is 0.296. The second-order valence-electron chi connectivity index (χ2n) is 4.58. The van der Waals surface area contributed by atoms with Crippen LogP contribution in [0.2, 0.25) is 5.02 Å². The first-order chi connectivity index (χ1) is 9.92. The third-order valence-electron chi connectivity index (χ3n) is 2.79. The van der Waals surface area contributed by atoms with Crippen LogP contribution >= 0.6 is 11.6 Å². The molecule has 2 rings (SSSR count). The maximum atomic E-state index is 12.4. The molecule has 0 aliphatic heterocycles. The Labute approximate surface area is 129 Å². The van der Waals surface area contributed by atoms with Crippen molar-refractivity contribution < 1.29 is 8.42 Å². The summed E-state index contributed by atoms with van der Waals surface area (Å²) in [7, 11) is -0.332. The van der Waals surface area contributed by atoms with Gasteiger partial charge in [-0.05, 0) is 24.3 Å². The number of benzene rings is 2. The molecule has 2 aromatic carbocycles. The van der Waals surface area contributed by atoms with E-state index < -0.39 is 10.0 Å².